The molecule has 1 atom stereocenters. The minimum atomic E-state index is 0.312. The van der Waals surface area contributed by atoms with Crippen molar-refractivity contribution in [1.29, 1.82) is 0 Å². The normalized spacial score (nSPS) is 12.4. The summed E-state index contributed by atoms with van der Waals surface area (Å²) in [6.45, 7) is 7.42. The summed E-state index contributed by atoms with van der Waals surface area (Å²) in [5, 5.41) is 3.64. The van der Waals surface area contributed by atoms with E-state index in [1.165, 1.54) is 16.7 Å². The van der Waals surface area contributed by atoms with Crippen LogP contribution in [-0.2, 0) is 6.42 Å². The first-order valence-corrected chi connectivity index (χ1v) is 8.30. The molecule has 0 saturated carbocycles. The predicted molar refractivity (Wildman–Crippen MR) is 92.6 cm³/mol. The van der Waals surface area contributed by atoms with E-state index in [4.69, 9.17) is 0 Å². The molecule has 0 fully saturated rings. The average molecular weight is 347 g/mol. The van der Waals surface area contributed by atoms with Crippen molar-refractivity contribution in [2.75, 3.05) is 6.54 Å². The van der Waals surface area contributed by atoms with E-state index in [1.807, 2.05) is 6.20 Å². The number of hydrogen-bond acceptors (Lipinski definition) is 2. The first-order chi connectivity index (χ1) is 10.1. The Morgan fingerprint density at radius 3 is 2.62 bits per heavy atom. The van der Waals surface area contributed by atoms with Crippen molar-refractivity contribution in [1.82, 2.24) is 10.3 Å². The number of benzene rings is 1. The second-order valence-electron chi connectivity index (χ2n) is 5.55. The van der Waals surface area contributed by atoms with Crippen molar-refractivity contribution in [3.05, 3.63) is 63.4 Å². The van der Waals surface area contributed by atoms with Crippen molar-refractivity contribution in [3.8, 4) is 0 Å². The van der Waals surface area contributed by atoms with E-state index in [0.29, 0.717) is 6.04 Å². The summed E-state index contributed by atoms with van der Waals surface area (Å²) >= 11 is 3.57. The fourth-order valence-corrected chi connectivity index (χ4v) is 2.59. The minimum absolute atomic E-state index is 0.312. The van der Waals surface area contributed by atoms with Crippen LogP contribution in [0.2, 0.25) is 0 Å². The summed E-state index contributed by atoms with van der Waals surface area (Å²) in [5.74, 6) is 0. The molecule has 21 heavy (non-hydrogen) atoms. The van der Waals surface area contributed by atoms with Gasteiger partial charge in [0.15, 0.2) is 0 Å². The van der Waals surface area contributed by atoms with Crippen molar-refractivity contribution in [3.63, 3.8) is 0 Å². The summed E-state index contributed by atoms with van der Waals surface area (Å²) in [6, 6.07) is 11.2. The topological polar surface area (TPSA) is 24.9 Å². The quantitative estimate of drug-likeness (QED) is 0.816. The van der Waals surface area contributed by atoms with Gasteiger partial charge in [-0.2, -0.15) is 0 Å². The van der Waals surface area contributed by atoms with Gasteiger partial charge in [-0.25, -0.2) is 0 Å². The van der Waals surface area contributed by atoms with E-state index in [9.17, 15) is 0 Å². The molecule has 1 N–H and O–H groups in total. The van der Waals surface area contributed by atoms with Crippen LogP contribution in [0.25, 0.3) is 0 Å². The molecule has 0 amide bonds. The zero-order chi connectivity index (χ0) is 15.2. The van der Waals surface area contributed by atoms with Crippen molar-refractivity contribution in [2.45, 2.75) is 39.7 Å². The smallest absolute Gasteiger partial charge is 0.0422 e. The van der Waals surface area contributed by atoms with Gasteiger partial charge >= 0.3 is 0 Å². The highest BCUT2D eigenvalue weighted by Crippen LogP contribution is 2.23. The molecule has 0 aliphatic heterocycles. The average Bonchev–Trinajstić information content (AvgIpc) is 2.48. The predicted octanol–water partition coefficient (Wildman–Crippen LogP) is 4.74. The molecule has 0 spiro atoms. The van der Waals surface area contributed by atoms with E-state index >= 15 is 0 Å². The number of hydrogen-bond donors (Lipinski definition) is 1. The summed E-state index contributed by atoms with van der Waals surface area (Å²) in [4.78, 5) is 4.54. The van der Waals surface area contributed by atoms with Crippen molar-refractivity contribution < 1.29 is 0 Å². The van der Waals surface area contributed by atoms with Crippen LogP contribution in [0.15, 0.2) is 41.0 Å². The maximum atomic E-state index is 4.54. The first kappa shape index (κ1) is 16.2. The van der Waals surface area contributed by atoms with Crippen molar-refractivity contribution >= 4 is 15.9 Å². The maximum Gasteiger partial charge on any atom is 0.0422 e. The molecule has 1 aromatic heterocycles. The van der Waals surface area contributed by atoms with Crippen LogP contribution in [0, 0.1) is 13.8 Å². The monoisotopic (exact) mass is 346 g/mol. The van der Waals surface area contributed by atoms with Crippen LogP contribution >= 0.6 is 15.9 Å². The highest BCUT2D eigenvalue weighted by atomic mass is 79.9. The van der Waals surface area contributed by atoms with Gasteiger partial charge in [0, 0.05) is 28.8 Å². The molecule has 1 heterocycles. The Hall–Kier alpha value is -1.19. The Bertz CT molecular complexity index is 578. The Labute approximate surface area is 136 Å². The number of nitrogens with one attached hydrogen (secondary N) is 1. The van der Waals surface area contributed by atoms with Crippen LogP contribution in [0.5, 0.6) is 0 Å². The zero-order valence-electron chi connectivity index (χ0n) is 13.0. The summed E-state index contributed by atoms with van der Waals surface area (Å²) < 4.78 is 1.16. The van der Waals surface area contributed by atoms with Crippen LogP contribution in [0.4, 0.5) is 0 Å². The summed E-state index contributed by atoms with van der Waals surface area (Å²) in [6.07, 6.45) is 3.99. The Morgan fingerprint density at radius 1 is 1.19 bits per heavy atom. The fourth-order valence-electron chi connectivity index (χ4n) is 2.34. The van der Waals surface area contributed by atoms with Crippen LogP contribution in [0.3, 0.4) is 0 Å². The molecular weight excluding hydrogens is 324 g/mol. The van der Waals surface area contributed by atoms with Gasteiger partial charge < -0.3 is 5.32 Å². The molecule has 0 radical (unpaired) electrons. The molecule has 2 aromatic rings. The van der Waals surface area contributed by atoms with Gasteiger partial charge in [0.25, 0.3) is 0 Å². The fraction of sp³-hybridized carbons (Fsp3) is 0.389. The molecule has 2 rings (SSSR count). The van der Waals surface area contributed by atoms with Crippen LogP contribution in [0.1, 0.15) is 41.8 Å². The summed E-state index contributed by atoms with van der Waals surface area (Å²) in [7, 11) is 0. The van der Waals surface area contributed by atoms with Crippen LogP contribution < -0.4 is 5.32 Å². The molecule has 1 aromatic carbocycles. The third-order valence-corrected chi connectivity index (χ3v) is 4.50. The van der Waals surface area contributed by atoms with E-state index < -0.39 is 0 Å². The van der Waals surface area contributed by atoms with E-state index in [1.54, 1.807) is 0 Å². The third kappa shape index (κ3) is 4.65. The first-order valence-electron chi connectivity index (χ1n) is 7.51. The van der Waals surface area contributed by atoms with Gasteiger partial charge in [-0.3, -0.25) is 4.98 Å². The van der Waals surface area contributed by atoms with Gasteiger partial charge in [-0.1, -0.05) is 41.1 Å². The number of pyridine rings is 1. The largest absolute Gasteiger partial charge is 0.310 e. The Balaban J connectivity index is 2.20. The van der Waals surface area contributed by atoms with Gasteiger partial charge in [-0.05, 0) is 55.6 Å². The number of aryl methyl sites for hydroxylation is 2. The van der Waals surface area contributed by atoms with E-state index in [2.05, 4.69) is 77.3 Å². The SMILES string of the molecule is CCCNC(Cc1ccc(C)cn1)c1ccc(Br)c(C)c1. The standard InChI is InChI=1S/C18H23BrN2/c1-4-9-20-18(11-16-7-5-13(2)12-21-16)15-6-8-17(19)14(3)10-15/h5-8,10,12,18,20H,4,9,11H2,1-3H3. The highest BCUT2D eigenvalue weighted by molar-refractivity contribution is 9.10. The number of rotatable bonds is 6. The Morgan fingerprint density at radius 2 is 2.00 bits per heavy atom. The van der Waals surface area contributed by atoms with Gasteiger partial charge in [0.1, 0.15) is 0 Å². The molecule has 0 bridgehead atoms. The molecular formula is C18H23BrN2. The van der Waals surface area contributed by atoms with E-state index in [0.717, 1.165) is 29.6 Å². The van der Waals surface area contributed by atoms with Gasteiger partial charge in [-0.15, -0.1) is 0 Å². The maximum absolute atomic E-state index is 4.54. The lowest BCUT2D eigenvalue weighted by Gasteiger charge is -2.19. The summed E-state index contributed by atoms with van der Waals surface area (Å²) in [5.41, 5.74) is 4.94. The lowest BCUT2D eigenvalue weighted by Crippen LogP contribution is -2.24. The molecule has 2 nitrogen and oxygen atoms in total. The lowest BCUT2D eigenvalue weighted by atomic mass is 9.99. The highest BCUT2D eigenvalue weighted by Gasteiger charge is 2.13. The van der Waals surface area contributed by atoms with E-state index in [-0.39, 0.29) is 0 Å². The molecule has 1 unspecified atom stereocenters. The molecule has 0 aliphatic carbocycles. The second kappa shape index (κ2) is 7.71. The number of halogens is 1. The molecule has 3 heteroatoms. The number of nitrogens with zero attached hydrogens (tertiary/aromatic N) is 1. The zero-order valence-corrected chi connectivity index (χ0v) is 14.6. The lowest BCUT2D eigenvalue weighted by molar-refractivity contribution is 0.524. The third-order valence-electron chi connectivity index (χ3n) is 3.61. The van der Waals surface area contributed by atoms with Gasteiger partial charge in [0.2, 0.25) is 0 Å². The number of aromatic nitrogens is 1. The van der Waals surface area contributed by atoms with Gasteiger partial charge in [0.05, 0.1) is 0 Å². The minimum Gasteiger partial charge on any atom is -0.310 e. The molecule has 0 saturated heterocycles. The van der Waals surface area contributed by atoms with Crippen molar-refractivity contribution in [2.24, 2.45) is 0 Å². The van der Waals surface area contributed by atoms with Crippen LogP contribution in [-0.4, -0.2) is 11.5 Å². The second-order valence-corrected chi connectivity index (χ2v) is 6.40. The molecule has 0 aliphatic rings. The molecule has 112 valence electrons. The Kier molecular flexibility index (Phi) is 5.95.